The van der Waals surface area contributed by atoms with Gasteiger partial charge in [-0.25, -0.2) is 9.97 Å². The lowest BCUT2D eigenvalue weighted by atomic mass is 10.1. The van der Waals surface area contributed by atoms with Crippen molar-refractivity contribution in [1.82, 2.24) is 14.9 Å². The van der Waals surface area contributed by atoms with E-state index in [9.17, 15) is 4.79 Å². The number of fused-ring (bicyclic) bond motifs is 1. The van der Waals surface area contributed by atoms with E-state index >= 15 is 0 Å². The average Bonchev–Trinajstić information content (AvgIpc) is 2.52. The molecule has 0 bridgehead atoms. The lowest BCUT2D eigenvalue weighted by molar-refractivity contribution is -0.132. The minimum Gasteiger partial charge on any atom is -0.338 e. The van der Waals surface area contributed by atoms with Crippen LogP contribution in [0.1, 0.15) is 23.2 Å². The average molecular weight is 302 g/mol. The maximum Gasteiger partial charge on any atom is 0.223 e. The first-order valence-electron chi connectivity index (χ1n) is 7.02. The van der Waals surface area contributed by atoms with Crippen LogP contribution >= 0.6 is 11.6 Å². The third-order valence-corrected chi connectivity index (χ3v) is 3.97. The Hall–Kier alpha value is -1.94. The van der Waals surface area contributed by atoms with Crippen LogP contribution in [-0.2, 0) is 24.2 Å². The molecule has 1 aliphatic rings. The van der Waals surface area contributed by atoms with E-state index in [1.165, 1.54) is 0 Å². The number of aryl methyl sites for hydroxylation is 1. The summed E-state index contributed by atoms with van der Waals surface area (Å²) in [7, 11) is 0. The molecule has 108 valence electrons. The molecule has 1 aliphatic heterocycles. The van der Waals surface area contributed by atoms with Crippen molar-refractivity contribution in [2.75, 3.05) is 6.54 Å². The van der Waals surface area contributed by atoms with E-state index in [0.717, 1.165) is 29.8 Å². The molecule has 0 saturated heterocycles. The third kappa shape index (κ3) is 3.39. The number of aromatic nitrogens is 2. The summed E-state index contributed by atoms with van der Waals surface area (Å²) in [4.78, 5) is 22.5. The Morgan fingerprint density at radius 2 is 2.29 bits per heavy atom. The molecule has 1 aromatic carbocycles. The molecule has 0 radical (unpaired) electrons. The van der Waals surface area contributed by atoms with Gasteiger partial charge in [0.15, 0.2) is 0 Å². The van der Waals surface area contributed by atoms with Crippen LogP contribution in [0.3, 0.4) is 0 Å². The van der Waals surface area contributed by atoms with Crippen molar-refractivity contribution >= 4 is 17.5 Å². The van der Waals surface area contributed by atoms with Crippen molar-refractivity contribution in [3.8, 4) is 0 Å². The zero-order valence-electron chi connectivity index (χ0n) is 11.6. The van der Waals surface area contributed by atoms with Crippen LogP contribution in [0.5, 0.6) is 0 Å². The number of amides is 1. The second-order valence-electron chi connectivity index (χ2n) is 5.19. The molecular weight excluding hydrogens is 286 g/mol. The number of benzene rings is 1. The van der Waals surface area contributed by atoms with Gasteiger partial charge >= 0.3 is 0 Å². The lowest BCUT2D eigenvalue weighted by Gasteiger charge is -2.27. The fraction of sp³-hybridized carbons (Fsp3) is 0.312. The summed E-state index contributed by atoms with van der Waals surface area (Å²) in [6, 6.07) is 7.66. The minimum atomic E-state index is 0.171. The number of rotatable bonds is 3. The van der Waals surface area contributed by atoms with E-state index in [0.29, 0.717) is 24.4 Å². The molecule has 0 unspecified atom stereocenters. The van der Waals surface area contributed by atoms with E-state index in [2.05, 4.69) is 9.97 Å². The summed E-state index contributed by atoms with van der Waals surface area (Å²) in [5, 5.41) is 0.712. The summed E-state index contributed by atoms with van der Waals surface area (Å²) in [6.45, 7) is 1.35. The fourth-order valence-electron chi connectivity index (χ4n) is 2.58. The standard InChI is InChI=1S/C16H16ClN3O/c17-14-3-1-2-12(8-14)4-5-16(21)20-7-6-15-13(10-20)9-18-11-19-15/h1-3,8-9,11H,4-7,10H2. The Balaban J connectivity index is 1.59. The van der Waals surface area contributed by atoms with Gasteiger partial charge in [-0.3, -0.25) is 4.79 Å². The van der Waals surface area contributed by atoms with Gasteiger partial charge in [-0.05, 0) is 24.1 Å². The Bertz CT molecular complexity index is 659. The fourth-order valence-corrected chi connectivity index (χ4v) is 2.79. The Morgan fingerprint density at radius 3 is 3.14 bits per heavy atom. The van der Waals surface area contributed by atoms with Gasteiger partial charge < -0.3 is 4.90 Å². The van der Waals surface area contributed by atoms with Gasteiger partial charge in [0.05, 0.1) is 5.69 Å². The zero-order chi connectivity index (χ0) is 14.7. The van der Waals surface area contributed by atoms with Gasteiger partial charge in [-0.1, -0.05) is 23.7 Å². The monoisotopic (exact) mass is 301 g/mol. The van der Waals surface area contributed by atoms with Crippen molar-refractivity contribution in [3.63, 3.8) is 0 Å². The first-order chi connectivity index (χ1) is 10.2. The topological polar surface area (TPSA) is 46.1 Å². The molecule has 1 aromatic heterocycles. The quantitative estimate of drug-likeness (QED) is 0.875. The second-order valence-corrected chi connectivity index (χ2v) is 5.63. The summed E-state index contributed by atoms with van der Waals surface area (Å²) < 4.78 is 0. The number of carbonyl (C=O) groups excluding carboxylic acids is 1. The lowest BCUT2D eigenvalue weighted by Crippen LogP contribution is -2.36. The number of hydrogen-bond acceptors (Lipinski definition) is 3. The first-order valence-corrected chi connectivity index (χ1v) is 7.40. The number of hydrogen-bond donors (Lipinski definition) is 0. The SMILES string of the molecule is O=C(CCc1cccc(Cl)c1)N1CCc2ncncc2C1. The molecule has 21 heavy (non-hydrogen) atoms. The Labute approximate surface area is 128 Å². The van der Waals surface area contributed by atoms with Crippen LogP contribution in [-0.4, -0.2) is 27.3 Å². The molecule has 0 spiro atoms. The normalized spacial score (nSPS) is 13.9. The molecule has 2 heterocycles. The van der Waals surface area contributed by atoms with Gasteiger partial charge in [0, 0.05) is 42.7 Å². The maximum atomic E-state index is 12.3. The van der Waals surface area contributed by atoms with Crippen LogP contribution in [0, 0.1) is 0 Å². The number of carbonyl (C=O) groups is 1. The highest BCUT2D eigenvalue weighted by Gasteiger charge is 2.21. The molecule has 4 nitrogen and oxygen atoms in total. The second kappa shape index (κ2) is 6.22. The maximum absolute atomic E-state index is 12.3. The van der Waals surface area contributed by atoms with Crippen molar-refractivity contribution in [1.29, 1.82) is 0 Å². The van der Waals surface area contributed by atoms with Crippen molar-refractivity contribution in [2.24, 2.45) is 0 Å². The van der Waals surface area contributed by atoms with E-state index in [4.69, 9.17) is 11.6 Å². The smallest absolute Gasteiger partial charge is 0.223 e. The molecule has 5 heteroatoms. The first kappa shape index (κ1) is 14.0. The molecule has 0 aliphatic carbocycles. The van der Waals surface area contributed by atoms with Gasteiger partial charge in [0.2, 0.25) is 5.91 Å². The highest BCUT2D eigenvalue weighted by Crippen LogP contribution is 2.17. The molecule has 0 fully saturated rings. The van der Waals surface area contributed by atoms with E-state index in [1.54, 1.807) is 12.5 Å². The molecule has 0 saturated carbocycles. The van der Waals surface area contributed by atoms with Crippen LogP contribution in [0.15, 0.2) is 36.8 Å². The van der Waals surface area contributed by atoms with Crippen LogP contribution in [0.4, 0.5) is 0 Å². The van der Waals surface area contributed by atoms with Crippen molar-refractivity contribution in [2.45, 2.75) is 25.8 Å². The Kier molecular flexibility index (Phi) is 4.15. The van der Waals surface area contributed by atoms with Gasteiger partial charge in [0.25, 0.3) is 0 Å². The predicted octanol–water partition coefficient (Wildman–Crippen LogP) is 2.65. The van der Waals surface area contributed by atoms with Crippen molar-refractivity contribution < 1.29 is 4.79 Å². The molecular formula is C16H16ClN3O. The molecule has 0 N–H and O–H groups in total. The van der Waals surface area contributed by atoms with Crippen molar-refractivity contribution in [3.05, 3.63) is 58.6 Å². The summed E-state index contributed by atoms with van der Waals surface area (Å²) in [5.74, 6) is 0.171. The highest BCUT2D eigenvalue weighted by molar-refractivity contribution is 6.30. The van der Waals surface area contributed by atoms with Crippen LogP contribution in [0.2, 0.25) is 5.02 Å². The van der Waals surface area contributed by atoms with Crippen LogP contribution in [0.25, 0.3) is 0 Å². The number of halogens is 1. The summed E-state index contributed by atoms with van der Waals surface area (Å²) in [6.07, 6.45) is 5.40. The molecule has 1 amide bonds. The predicted molar refractivity (Wildman–Crippen MR) is 80.9 cm³/mol. The largest absolute Gasteiger partial charge is 0.338 e. The zero-order valence-corrected chi connectivity index (χ0v) is 12.4. The van der Waals surface area contributed by atoms with Gasteiger partial charge in [-0.15, -0.1) is 0 Å². The summed E-state index contributed by atoms with van der Waals surface area (Å²) >= 11 is 5.96. The van der Waals surface area contributed by atoms with E-state index in [-0.39, 0.29) is 5.91 Å². The van der Waals surface area contributed by atoms with E-state index in [1.807, 2.05) is 29.2 Å². The van der Waals surface area contributed by atoms with Gasteiger partial charge in [-0.2, -0.15) is 0 Å². The van der Waals surface area contributed by atoms with E-state index < -0.39 is 0 Å². The molecule has 2 aromatic rings. The third-order valence-electron chi connectivity index (χ3n) is 3.73. The summed E-state index contributed by atoms with van der Waals surface area (Å²) in [5.41, 5.74) is 3.21. The van der Waals surface area contributed by atoms with Gasteiger partial charge in [0.1, 0.15) is 6.33 Å². The molecule has 3 rings (SSSR count). The Morgan fingerprint density at radius 1 is 1.38 bits per heavy atom. The highest BCUT2D eigenvalue weighted by atomic mass is 35.5. The van der Waals surface area contributed by atoms with Crippen LogP contribution < -0.4 is 0 Å². The minimum absolute atomic E-state index is 0.171. The molecule has 0 atom stereocenters. The number of nitrogens with zero attached hydrogens (tertiary/aromatic N) is 3.